The maximum Gasteiger partial charge on any atom is 0.277 e. The highest BCUT2D eigenvalue weighted by Gasteiger charge is 2.08. The number of nitrogens with zero attached hydrogens (tertiary/aromatic N) is 2. The first-order valence-electron chi connectivity index (χ1n) is 5.32. The molecule has 0 aliphatic heterocycles. The Morgan fingerprint density at radius 2 is 1.88 bits per heavy atom. The van der Waals surface area contributed by atoms with Gasteiger partial charge in [-0.3, -0.25) is 4.79 Å². The summed E-state index contributed by atoms with van der Waals surface area (Å²) in [7, 11) is 0. The molecule has 0 bridgehead atoms. The lowest BCUT2D eigenvalue weighted by molar-refractivity contribution is 0.575. The summed E-state index contributed by atoms with van der Waals surface area (Å²) in [6, 6.07) is 9.68. The second-order valence-electron chi connectivity index (χ2n) is 3.95. The minimum atomic E-state index is -0.0382. The first kappa shape index (κ1) is 10.6. The van der Waals surface area contributed by atoms with E-state index in [1.54, 1.807) is 17.0 Å². The van der Waals surface area contributed by atoms with Gasteiger partial charge in [0.1, 0.15) is 5.69 Å². The molecule has 16 heavy (non-hydrogen) atoms. The molecule has 1 aromatic heterocycles. The van der Waals surface area contributed by atoms with E-state index in [4.69, 9.17) is 0 Å². The van der Waals surface area contributed by atoms with Crippen LogP contribution in [0.1, 0.15) is 19.9 Å². The van der Waals surface area contributed by atoms with Gasteiger partial charge in [-0.05, 0) is 13.8 Å². The maximum atomic E-state index is 12.1. The summed E-state index contributed by atoms with van der Waals surface area (Å²) in [5.41, 5.74) is 1.34. The minimum Gasteiger partial charge on any atom is -0.310 e. The Balaban J connectivity index is 2.60. The van der Waals surface area contributed by atoms with Crippen molar-refractivity contribution in [3.63, 3.8) is 0 Å². The fraction of sp³-hybridized carbons (Fsp3) is 0.231. The average Bonchev–Trinajstić information content (AvgIpc) is 2.30. The van der Waals surface area contributed by atoms with Crippen molar-refractivity contribution in [2.45, 2.75) is 19.9 Å². The normalized spacial score (nSPS) is 10.7. The Kier molecular flexibility index (Phi) is 2.86. The zero-order valence-electron chi connectivity index (χ0n) is 9.42. The molecule has 3 nitrogen and oxygen atoms in total. The number of hydrogen-bond acceptors (Lipinski definition) is 2. The number of benzene rings is 1. The lowest BCUT2D eigenvalue weighted by atomic mass is 10.1. The van der Waals surface area contributed by atoms with E-state index < -0.39 is 0 Å². The Morgan fingerprint density at radius 1 is 1.19 bits per heavy atom. The Morgan fingerprint density at radius 3 is 2.50 bits per heavy atom. The minimum absolute atomic E-state index is 0.0382. The molecule has 0 fully saturated rings. The predicted octanol–water partition coefficient (Wildman–Crippen LogP) is 2.49. The topological polar surface area (TPSA) is 34.9 Å². The summed E-state index contributed by atoms with van der Waals surface area (Å²) in [5.74, 6) is 0. The summed E-state index contributed by atoms with van der Waals surface area (Å²) in [5, 5.41) is 0. The van der Waals surface area contributed by atoms with Crippen LogP contribution < -0.4 is 5.56 Å². The van der Waals surface area contributed by atoms with Crippen LogP contribution in [0.25, 0.3) is 11.3 Å². The second kappa shape index (κ2) is 4.31. The number of rotatable bonds is 2. The van der Waals surface area contributed by atoms with E-state index >= 15 is 0 Å². The number of aromatic nitrogens is 2. The van der Waals surface area contributed by atoms with Gasteiger partial charge >= 0.3 is 0 Å². The van der Waals surface area contributed by atoms with Gasteiger partial charge in [-0.15, -0.1) is 0 Å². The molecule has 0 saturated carbocycles. The molecule has 0 atom stereocenters. The molecule has 82 valence electrons. The van der Waals surface area contributed by atoms with E-state index in [1.807, 2.05) is 44.2 Å². The molecule has 0 aliphatic rings. The zero-order valence-corrected chi connectivity index (χ0v) is 9.42. The van der Waals surface area contributed by atoms with Crippen LogP contribution in [-0.4, -0.2) is 9.55 Å². The molecule has 3 heteroatoms. The van der Waals surface area contributed by atoms with Gasteiger partial charge in [-0.25, -0.2) is 4.98 Å². The lowest BCUT2D eigenvalue weighted by Crippen LogP contribution is -2.23. The summed E-state index contributed by atoms with van der Waals surface area (Å²) >= 11 is 0. The van der Waals surface area contributed by atoms with Crippen LogP contribution in [0.15, 0.2) is 47.5 Å². The van der Waals surface area contributed by atoms with E-state index in [-0.39, 0.29) is 11.6 Å². The maximum absolute atomic E-state index is 12.1. The molecule has 0 amide bonds. The van der Waals surface area contributed by atoms with Crippen LogP contribution in [-0.2, 0) is 0 Å². The third-order valence-electron chi connectivity index (χ3n) is 2.47. The van der Waals surface area contributed by atoms with Crippen molar-refractivity contribution in [2.24, 2.45) is 0 Å². The molecule has 0 aliphatic carbocycles. The third-order valence-corrected chi connectivity index (χ3v) is 2.47. The van der Waals surface area contributed by atoms with Crippen molar-refractivity contribution >= 4 is 0 Å². The summed E-state index contributed by atoms with van der Waals surface area (Å²) in [4.78, 5) is 16.3. The van der Waals surface area contributed by atoms with Gasteiger partial charge in [0.05, 0.1) is 0 Å². The molecule has 2 rings (SSSR count). The number of hydrogen-bond donors (Lipinski definition) is 0. The molecule has 0 radical (unpaired) electrons. The van der Waals surface area contributed by atoms with Gasteiger partial charge in [0.25, 0.3) is 5.56 Å². The van der Waals surface area contributed by atoms with Crippen molar-refractivity contribution in [1.82, 2.24) is 9.55 Å². The largest absolute Gasteiger partial charge is 0.310 e. The van der Waals surface area contributed by atoms with Gasteiger partial charge < -0.3 is 4.57 Å². The van der Waals surface area contributed by atoms with Crippen LogP contribution in [0.3, 0.4) is 0 Å². The van der Waals surface area contributed by atoms with Gasteiger partial charge in [0.2, 0.25) is 0 Å². The fourth-order valence-electron chi connectivity index (χ4n) is 1.63. The quantitative estimate of drug-likeness (QED) is 0.769. The Hall–Kier alpha value is -1.90. The second-order valence-corrected chi connectivity index (χ2v) is 3.95. The fourth-order valence-corrected chi connectivity index (χ4v) is 1.63. The van der Waals surface area contributed by atoms with Gasteiger partial charge in [0, 0.05) is 24.0 Å². The van der Waals surface area contributed by atoms with Crippen LogP contribution in [0.2, 0.25) is 0 Å². The summed E-state index contributed by atoms with van der Waals surface area (Å²) in [6.07, 6.45) is 3.39. The monoisotopic (exact) mass is 214 g/mol. The lowest BCUT2D eigenvalue weighted by Gasteiger charge is -2.10. The molecule has 0 N–H and O–H groups in total. The third kappa shape index (κ3) is 1.89. The van der Waals surface area contributed by atoms with E-state index in [9.17, 15) is 4.79 Å². The van der Waals surface area contributed by atoms with Crippen LogP contribution in [0.5, 0.6) is 0 Å². The zero-order chi connectivity index (χ0) is 11.5. The SMILES string of the molecule is CC(C)n1ccnc(-c2ccccc2)c1=O. The molecule has 2 aromatic rings. The van der Waals surface area contributed by atoms with Gasteiger partial charge in [0.15, 0.2) is 0 Å². The highest BCUT2D eigenvalue weighted by molar-refractivity contribution is 5.57. The Labute approximate surface area is 94.4 Å². The van der Waals surface area contributed by atoms with Crippen LogP contribution >= 0.6 is 0 Å². The highest BCUT2D eigenvalue weighted by atomic mass is 16.1. The summed E-state index contributed by atoms with van der Waals surface area (Å²) < 4.78 is 1.69. The molecule has 0 unspecified atom stereocenters. The van der Waals surface area contributed by atoms with E-state index in [1.165, 1.54) is 0 Å². The highest BCUT2D eigenvalue weighted by Crippen LogP contribution is 2.12. The molecule has 1 heterocycles. The molecule has 0 saturated heterocycles. The van der Waals surface area contributed by atoms with Gasteiger partial charge in [-0.2, -0.15) is 0 Å². The first-order valence-corrected chi connectivity index (χ1v) is 5.32. The van der Waals surface area contributed by atoms with E-state index in [2.05, 4.69) is 4.98 Å². The van der Waals surface area contributed by atoms with Crippen LogP contribution in [0, 0.1) is 0 Å². The summed E-state index contributed by atoms with van der Waals surface area (Å²) in [6.45, 7) is 3.96. The molecular formula is C13H14N2O. The standard InChI is InChI=1S/C13H14N2O/c1-10(2)15-9-8-14-12(13(15)16)11-6-4-3-5-7-11/h3-10H,1-2H3. The molecular weight excluding hydrogens is 200 g/mol. The van der Waals surface area contributed by atoms with E-state index in [0.29, 0.717) is 5.69 Å². The predicted molar refractivity (Wildman–Crippen MR) is 64.3 cm³/mol. The first-order chi connectivity index (χ1) is 7.70. The van der Waals surface area contributed by atoms with Crippen molar-refractivity contribution in [3.8, 4) is 11.3 Å². The molecule has 1 aromatic carbocycles. The van der Waals surface area contributed by atoms with Crippen molar-refractivity contribution in [3.05, 3.63) is 53.1 Å². The van der Waals surface area contributed by atoms with Crippen molar-refractivity contribution in [2.75, 3.05) is 0 Å². The van der Waals surface area contributed by atoms with Crippen molar-refractivity contribution in [1.29, 1.82) is 0 Å². The van der Waals surface area contributed by atoms with E-state index in [0.717, 1.165) is 5.56 Å². The smallest absolute Gasteiger partial charge is 0.277 e. The van der Waals surface area contributed by atoms with Crippen molar-refractivity contribution < 1.29 is 0 Å². The average molecular weight is 214 g/mol. The van der Waals surface area contributed by atoms with Crippen LogP contribution in [0.4, 0.5) is 0 Å². The van der Waals surface area contributed by atoms with Gasteiger partial charge in [-0.1, -0.05) is 30.3 Å². The molecule has 0 spiro atoms. The Bertz CT molecular complexity index is 529.